The van der Waals surface area contributed by atoms with Crippen LogP contribution in [0.1, 0.15) is 77.1 Å². The summed E-state index contributed by atoms with van der Waals surface area (Å²) >= 11 is 0. The zero-order valence-electron chi connectivity index (χ0n) is 20.7. The Hall–Kier alpha value is -2.63. The van der Waals surface area contributed by atoms with Gasteiger partial charge in [0.15, 0.2) is 0 Å². The van der Waals surface area contributed by atoms with E-state index in [0.29, 0.717) is 5.82 Å². The lowest BCUT2D eigenvalue weighted by Gasteiger charge is -2.28. The Morgan fingerprint density at radius 1 is 1.19 bits per heavy atom. The maximum Gasteiger partial charge on any atom is 0.245 e. The van der Waals surface area contributed by atoms with Crippen LogP contribution in [0.15, 0.2) is 24.3 Å². The molecule has 174 valence electrons. The van der Waals surface area contributed by atoms with Gasteiger partial charge in [0.1, 0.15) is 12.4 Å². The van der Waals surface area contributed by atoms with E-state index >= 15 is 0 Å². The van der Waals surface area contributed by atoms with Crippen LogP contribution in [-0.2, 0) is 15.0 Å². The minimum absolute atomic E-state index is 0.0251. The van der Waals surface area contributed by atoms with Crippen LogP contribution in [0.5, 0.6) is 0 Å². The van der Waals surface area contributed by atoms with Crippen molar-refractivity contribution in [1.29, 1.82) is 0 Å². The van der Waals surface area contributed by atoms with Crippen LogP contribution >= 0.6 is 0 Å². The van der Waals surface area contributed by atoms with E-state index in [0.717, 1.165) is 42.6 Å². The summed E-state index contributed by atoms with van der Waals surface area (Å²) in [5, 5.41) is 7.89. The van der Waals surface area contributed by atoms with E-state index in [2.05, 4.69) is 46.0 Å². The zero-order valence-corrected chi connectivity index (χ0v) is 20.7. The highest BCUT2D eigenvalue weighted by Crippen LogP contribution is 2.29. The number of carbonyl (C=O) groups excluding carboxylic acids is 2. The van der Waals surface area contributed by atoms with Crippen molar-refractivity contribution in [2.45, 2.75) is 85.6 Å². The lowest BCUT2D eigenvalue weighted by atomic mass is 9.92. The van der Waals surface area contributed by atoms with Gasteiger partial charge in [0.25, 0.3) is 0 Å². The molecule has 1 aliphatic carbocycles. The standard InChI is InChI=1S/C26H38N4O2/c1-17(2)29(25(32)20-12-8-9-13-20)16-24(31)27-23-15-22(26(5,6)7)28-30(23)21-14-10-11-18(3)19(21)4/h10-11,14-15,17,20H,8-9,12-13,16H2,1-7H3,(H,27,31). The van der Waals surface area contributed by atoms with E-state index in [9.17, 15) is 9.59 Å². The number of hydrogen-bond acceptors (Lipinski definition) is 3. The van der Waals surface area contributed by atoms with E-state index in [1.807, 2.05) is 36.7 Å². The highest BCUT2D eigenvalue weighted by molar-refractivity contribution is 5.94. The Morgan fingerprint density at radius 2 is 1.84 bits per heavy atom. The van der Waals surface area contributed by atoms with Crippen LogP contribution in [0.4, 0.5) is 5.82 Å². The average Bonchev–Trinajstić information content (AvgIpc) is 3.37. The van der Waals surface area contributed by atoms with Crippen molar-refractivity contribution in [3.8, 4) is 5.69 Å². The molecule has 1 fully saturated rings. The van der Waals surface area contributed by atoms with Gasteiger partial charge >= 0.3 is 0 Å². The van der Waals surface area contributed by atoms with Crippen LogP contribution in [0.2, 0.25) is 0 Å². The highest BCUT2D eigenvalue weighted by Gasteiger charge is 2.30. The molecule has 1 saturated carbocycles. The smallest absolute Gasteiger partial charge is 0.245 e. The van der Waals surface area contributed by atoms with Gasteiger partial charge in [0, 0.05) is 23.4 Å². The first-order chi connectivity index (χ1) is 15.0. The summed E-state index contributed by atoms with van der Waals surface area (Å²) in [6.07, 6.45) is 4.05. The third kappa shape index (κ3) is 5.22. The second kappa shape index (κ2) is 9.47. The quantitative estimate of drug-likeness (QED) is 0.678. The van der Waals surface area contributed by atoms with E-state index in [1.165, 1.54) is 5.56 Å². The lowest BCUT2D eigenvalue weighted by molar-refractivity contribution is -0.140. The molecule has 0 bridgehead atoms. The van der Waals surface area contributed by atoms with Gasteiger partial charge in [0.2, 0.25) is 11.8 Å². The fraction of sp³-hybridized carbons (Fsp3) is 0.577. The second-order valence-electron chi connectivity index (χ2n) is 10.4. The van der Waals surface area contributed by atoms with Crippen molar-refractivity contribution in [1.82, 2.24) is 14.7 Å². The Morgan fingerprint density at radius 3 is 2.44 bits per heavy atom. The predicted octanol–water partition coefficient (Wildman–Crippen LogP) is 5.15. The molecular weight excluding hydrogens is 400 g/mol. The van der Waals surface area contributed by atoms with Gasteiger partial charge in [-0.3, -0.25) is 9.59 Å². The van der Waals surface area contributed by atoms with Crippen LogP contribution in [0, 0.1) is 19.8 Å². The summed E-state index contributed by atoms with van der Waals surface area (Å²) in [5.74, 6) is 0.590. The molecule has 1 heterocycles. The van der Waals surface area contributed by atoms with E-state index in [1.54, 1.807) is 4.90 Å². The summed E-state index contributed by atoms with van der Waals surface area (Å²) in [5.41, 5.74) is 3.97. The van der Waals surface area contributed by atoms with Crippen molar-refractivity contribution in [2.75, 3.05) is 11.9 Å². The van der Waals surface area contributed by atoms with Gasteiger partial charge in [-0.25, -0.2) is 4.68 Å². The molecule has 0 atom stereocenters. The molecule has 1 N–H and O–H groups in total. The van der Waals surface area contributed by atoms with Gasteiger partial charge in [-0.15, -0.1) is 0 Å². The van der Waals surface area contributed by atoms with Gasteiger partial charge in [-0.05, 0) is 57.7 Å². The lowest BCUT2D eigenvalue weighted by Crippen LogP contribution is -2.45. The summed E-state index contributed by atoms with van der Waals surface area (Å²) in [7, 11) is 0. The van der Waals surface area contributed by atoms with Crippen LogP contribution in [0.3, 0.4) is 0 Å². The van der Waals surface area contributed by atoms with E-state index in [-0.39, 0.29) is 35.7 Å². The monoisotopic (exact) mass is 438 g/mol. The van der Waals surface area contributed by atoms with Crippen molar-refractivity contribution >= 4 is 17.6 Å². The minimum Gasteiger partial charge on any atom is -0.331 e. The number of anilines is 1. The summed E-state index contributed by atoms with van der Waals surface area (Å²) in [6, 6.07) is 8.01. The van der Waals surface area contributed by atoms with Gasteiger partial charge in [-0.2, -0.15) is 5.10 Å². The van der Waals surface area contributed by atoms with Gasteiger partial charge in [0.05, 0.1) is 11.4 Å². The van der Waals surface area contributed by atoms with Crippen LogP contribution in [-0.4, -0.2) is 39.1 Å². The second-order valence-corrected chi connectivity index (χ2v) is 10.4. The molecule has 0 unspecified atom stereocenters. The Labute approximate surface area is 192 Å². The topological polar surface area (TPSA) is 67.2 Å². The third-order valence-corrected chi connectivity index (χ3v) is 6.47. The number of nitrogens with one attached hydrogen (secondary N) is 1. The molecule has 32 heavy (non-hydrogen) atoms. The zero-order chi connectivity index (χ0) is 23.6. The molecule has 0 saturated heterocycles. The average molecular weight is 439 g/mol. The number of hydrogen-bond donors (Lipinski definition) is 1. The molecule has 6 heteroatoms. The normalized spacial score (nSPS) is 14.8. The largest absolute Gasteiger partial charge is 0.331 e. The fourth-order valence-electron chi connectivity index (χ4n) is 4.24. The Balaban J connectivity index is 1.88. The Kier molecular flexibility index (Phi) is 7.11. The van der Waals surface area contributed by atoms with Crippen LogP contribution in [0.25, 0.3) is 5.69 Å². The highest BCUT2D eigenvalue weighted by atomic mass is 16.2. The summed E-state index contributed by atoms with van der Waals surface area (Å²) in [4.78, 5) is 27.8. The molecule has 0 radical (unpaired) electrons. The van der Waals surface area contributed by atoms with Gasteiger partial charge in [-0.1, -0.05) is 45.7 Å². The third-order valence-electron chi connectivity index (χ3n) is 6.47. The van der Waals surface area contributed by atoms with E-state index < -0.39 is 0 Å². The number of rotatable bonds is 6. The maximum absolute atomic E-state index is 13.1. The summed E-state index contributed by atoms with van der Waals surface area (Å²) < 4.78 is 1.82. The Bertz CT molecular complexity index is 978. The number of aryl methyl sites for hydroxylation is 1. The molecule has 2 aromatic rings. The van der Waals surface area contributed by atoms with Gasteiger partial charge < -0.3 is 10.2 Å². The molecule has 1 aliphatic rings. The molecule has 0 aliphatic heterocycles. The molecular formula is C26H38N4O2. The first kappa shape index (κ1) is 24.0. The van der Waals surface area contributed by atoms with Crippen molar-refractivity contribution < 1.29 is 9.59 Å². The van der Waals surface area contributed by atoms with Crippen molar-refractivity contribution in [3.63, 3.8) is 0 Å². The van der Waals surface area contributed by atoms with E-state index in [4.69, 9.17) is 5.10 Å². The SMILES string of the molecule is Cc1cccc(-n2nc(C(C)(C)C)cc2NC(=O)CN(C(=O)C2CCCC2)C(C)C)c1C. The first-order valence-corrected chi connectivity index (χ1v) is 11.8. The fourth-order valence-corrected chi connectivity index (χ4v) is 4.24. The number of benzene rings is 1. The molecule has 3 rings (SSSR count). The molecule has 1 aromatic carbocycles. The molecule has 6 nitrogen and oxygen atoms in total. The molecule has 2 amide bonds. The molecule has 1 aromatic heterocycles. The van der Waals surface area contributed by atoms with Crippen molar-refractivity contribution in [2.24, 2.45) is 5.92 Å². The van der Waals surface area contributed by atoms with Crippen molar-refractivity contribution in [3.05, 3.63) is 41.1 Å². The predicted molar refractivity (Wildman–Crippen MR) is 129 cm³/mol. The maximum atomic E-state index is 13.1. The molecule has 0 spiro atoms. The first-order valence-electron chi connectivity index (χ1n) is 11.8. The van der Waals surface area contributed by atoms with Crippen LogP contribution < -0.4 is 5.32 Å². The number of nitrogens with zero attached hydrogens (tertiary/aromatic N) is 3. The minimum atomic E-state index is -0.197. The number of amides is 2. The number of carbonyl (C=O) groups is 2. The summed E-state index contributed by atoms with van der Waals surface area (Å²) in [6.45, 7) is 14.4. The number of aromatic nitrogens is 2.